The molecule has 2 rings (SSSR count). The average Bonchev–Trinajstić information content (AvgIpc) is 3.03. The van der Waals surface area contributed by atoms with E-state index in [1.807, 2.05) is 0 Å². The van der Waals surface area contributed by atoms with E-state index < -0.39 is 9.84 Å². The largest absolute Gasteiger partial charge is 0.383 e. The quantitative estimate of drug-likeness (QED) is 0.661. The lowest BCUT2D eigenvalue weighted by Crippen LogP contribution is -2.41. The number of fused-ring (bicyclic) bond motifs is 2. The van der Waals surface area contributed by atoms with Crippen molar-refractivity contribution in [1.29, 1.82) is 0 Å². The van der Waals surface area contributed by atoms with E-state index in [1.165, 1.54) is 25.7 Å². The van der Waals surface area contributed by atoms with Gasteiger partial charge in [0.25, 0.3) is 0 Å². The molecule has 20 heavy (non-hydrogen) atoms. The summed E-state index contributed by atoms with van der Waals surface area (Å²) in [4.78, 5) is 0. The van der Waals surface area contributed by atoms with Gasteiger partial charge in [-0.15, -0.1) is 0 Å². The number of hydrogen-bond donors (Lipinski definition) is 1. The summed E-state index contributed by atoms with van der Waals surface area (Å²) < 4.78 is 28.8. The summed E-state index contributed by atoms with van der Waals surface area (Å²) in [5.74, 6) is 2.20. The Bertz CT molecular complexity index is 409. The van der Waals surface area contributed by atoms with E-state index in [0.717, 1.165) is 38.0 Å². The van der Waals surface area contributed by atoms with Crippen molar-refractivity contribution in [2.24, 2.45) is 17.3 Å². The van der Waals surface area contributed by atoms with Crippen LogP contribution in [-0.2, 0) is 14.6 Å². The van der Waals surface area contributed by atoms with Gasteiger partial charge >= 0.3 is 0 Å². The Balaban J connectivity index is 1.94. The van der Waals surface area contributed by atoms with Crippen LogP contribution in [0.5, 0.6) is 0 Å². The molecule has 2 saturated carbocycles. The van der Waals surface area contributed by atoms with Crippen molar-refractivity contribution in [3.8, 4) is 0 Å². The maximum Gasteiger partial charge on any atom is 0.150 e. The van der Waals surface area contributed by atoms with E-state index in [2.05, 4.69) is 5.32 Å². The van der Waals surface area contributed by atoms with Crippen molar-refractivity contribution in [2.75, 3.05) is 38.3 Å². The molecule has 118 valence electrons. The molecule has 0 aromatic rings. The predicted octanol–water partition coefficient (Wildman–Crippen LogP) is 1.85. The molecule has 3 atom stereocenters. The van der Waals surface area contributed by atoms with E-state index in [9.17, 15) is 8.42 Å². The van der Waals surface area contributed by atoms with Crippen LogP contribution >= 0.6 is 0 Å². The van der Waals surface area contributed by atoms with Crippen LogP contribution in [0.1, 0.15) is 39.0 Å². The van der Waals surface area contributed by atoms with Crippen molar-refractivity contribution in [3.63, 3.8) is 0 Å². The van der Waals surface area contributed by atoms with E-state index in [-0.39, 0.29) is 11.2 Å². The van der Waals surface area contributed by atoms with Gasteiger partial charge in [0.2, 0.25) is 0 Å². The third kappa shape index (κ3) is 3.74. The predicted molar refractivity (Wildman–Crippen MR) is 81.6 cm³/mol. The second-order valence-corrected chi connectivity index (χ2v) is 9.07. The topological polar surface area (TPSA) is 55.4 Å². The van der Waals surface area contributed by atoms with Crippen LogP contribution in [-0.4, -0.2) is 46.7 Å². The first-order chi connectivity index (χ1) is 9.51. The van der Waals surface area contributed by atoms with Gasteiger partial charge in [-0.2, -0.15) is 0 Å². The summed E-state index contributed by atoms with van der Waals surface area (Å²) in [6, 6.07) is 0. The average molecular weight is 303 g/mol. The van der Waals surface area contributed by atoms with Crippen LogP contribution < -0.4 is 5.32 Å². The molecule has 0 aromatic heterocycles. The van der Waals surface area contributed by atoms with Crippen LogP contribution in [0.25, 0.3) is 0 Å². The van der Waals surface area contributed by atoms with Crippen molar-refractivity contribution in [3.05, 3.63) is 0 Å². The molecule has 0 aliphatic heterocycles. The molecule has 2 aliphatic carbocycles. The standard InChI is InChI=1S/C15H29NO3S/c1-3-20(17,18)9-6-15(12-16-7-8-19-2)11-13-4-5-14(15)10-13/h13-14,16H,3-12H2,1-2H3. The maximum atomic E-state index is 11.8. The van der Waals surface area contributed by atoms with Crippen molar-refractivity contribution in [2.45, 2.75) is 39.0 Å². The molecule has 0 saturated heterocycles. The molecular formula is C15H29NO3S. The van der Waals surface area contributed by atoms with Crippen molar-refractivity contribution in [1.82, 2.24) is 5.32 Å². The molecule has 1 N–H and O–H groups in total. The highest BCUT2D eigenvalue weighted by Crippen LogP contribution is 2.57. The van der Waals surface area contributed by atoms with E-state index in [0.29, 0.717) is 5.75 Å². The molecular weight excluding hydrogens is 274 g/mol. The number of ether oxygens (including phenoxy) is 1. The third-order valence-corrected chi connectivity index (χ3v) is 7.12. The van der Waals surface area contributed by atoms with Crippen molar-refractivity contribution >= 4 is 9.84 Å². The zero-order chi connectivity index (χ0) is 14.6. The number of rotatable bonds is 9. The normalized spacial score (nSPS) is 32.9. The highest BCUT2D eigenvalue weighted by molar-refractivity contribution is 7.91. The molecule has 3 unspecified atom stereocenters. The molecule has 0 spiro atoms. The molecule has 0 heterocycles. The Labute approximate surface area is 123 Å². The smallest absolute Gasteiger partial charge is 0.150 e. The van der Waals surface area contributed by atoms with E-state index in [1.54, 1.807) is 14.0 Å². The lowest BCUT2D eigenvalue weighted by atomic mass is 9.71. The molecule has 4 nitrogen and oxygen atoms in total. The molecule has 5 heteroatoms. The van der Waals surface area contributed by atoms with Crippen LogP contribution in [0, 0.1) is 17.3 Å². The molecule has 2 fully saturated rings. The van der Waals surface area contributed by atoms with Gasteiger partial charge in [0.1, 0.15) is 9.84 Å². The fourth-order valence-electron chi connectivity index (χ4n) is 4.18. The van der Waals surface area contributed by atoms with Crippen LogP contribution in [0.3, 0.4) is 0 Å². The Kier molecular flexibility index (Phi) is 5.49. The number of nitrogens with one attached hydrogen (secondary N) is 1. The molecule has 0 amide bonds. The maximum absolute atomic E-state index is 11.8. The Morgan fingerprint density at radius 1 is 1.35 bits per heavy atom. The number of sulfone groups is 1. The van der Waals surface area contributed by atoms with Crippen LogP contribution in [0.4, 0.5) is 0 Å². The van der Waals surface area contributed by atoms with E-state index >= 15 is 0 Å². The second-order valence-electron chi connectivity index (χ2n) is 6.60. The minimum atomic E-state index is -2.85. The number of hydrogen-bond acceptors (Lipinski definition) is 4. The number of methoxy groups -OCH3 is 1. The van der Waals surface area contributed by atoms with E-state index in [4.69, 9.17) is 4.74 Å². The Morgan fingerprint density at radius 2 is 2.15 bits per heavy atom. The van der Waals surface area contributed by atoms with Crippen molar-refractivity contribution < 1.29 is 13.2 Å². The first-order valence-corrected chi connectivity index (χ1v) is 9.73. The molecule has 0 aromatic carbocycles. The van der Waals surface area contributed by atoms with Gasteiger partial charge in [-0.25, -0.2) is 8.42 Å². The van der Waals surface area contributed by atoms with Gasteiger partial charge in [0.15, 0.2) is 0 Å². The fraction of sp³-hybridized carbons (Fsp3) is 1.00. The highest BCUT2D eigenvalue weighted by atomic mass is 32.2. The molecule has 2 aliphatic rings. The first-order valence-electron chi connectivity index (χ1n) is 7.91. The lowest BCUT2D eigenvalue weighted by molar-refractivity contribution is 0.141. The SMILES string of the molecule is CCS(=O)(=O)CCC1(CNCCOC)CC2CCC1C2. The zero-order valence-corrected chi connectivity index (χ0v) is 13.7. The van der Waals surface area contributed by atoms with Crippen LogP contribution in [0.15, 0.2) is 0 Å². The van der Waals surface area contributed by atoms with Gasteiger partial charge in [-0.05, 0) is 42.9 Å². The minimum Gasteiger partial charge on any atom is -0.383 e. The Hall–Kier alpha value is -0.130. The highest BCUT2D eigenvalue weighted by Gasteiger charge is 2.50. The first kappa shape index (κ1) is 16.2. The minimum absolute atomic E-state index is 0.221. The van der Waals surface area contributed by atoms with Gasteiger partial charge in [-0.1, -0.05) is 13.3 Å². The second kappa shape index (κ2) is 6.75. The summed E-state index contributed by atoms with van der Waals surface area (Å²) >= 11 is 0. The summed E-state index contributed by atoms with van der Waals surface area (Å²) in [7, 11) is -1.14. The Morgan fingerprint density at radius 3 is 2.70 bits per heavy atom. The van der Waals surface area contributed by atoms with Crippen LogP contribution in [0.2, 0.25) is 0 Å². The summed E-state index contributed by atoms with van der Waals surface area (Å²) in [6.45, 7) is 4.28. The third-order valence-electron chi connectivity index (χ3n) is 5.41. The van der Waals surface area contributed by atoms with Gasteiger partial charge in [0.05, 0.1) is 12.4 Å². The van der Waals surface area contributed by atoms with Gasteiger partial charge in [0, 0.05) is 26.0 Å². The monoisotopic (exact) mass is 303 g/mol. The summed E-state index contributed by atoms with van der Waals surface area (Å²) in [6.07, 6.45) is 6.02. The molecule has 2 bridgehead atoms. The fourth-order valence-corrected chi connectivity index (χ4v) is 5.19. The van der Waals surface area contributed by atoms with Gasteiger partial charge in [-0.3, -0.25) is 0 Å². The summed E-state index contributed by atoms with van der Waals surface area (Å²) in [5.41, 5.74) is 0.221. The lowest BCUT2D eigenvalue weighted by Gasteiger charge is -2.38. The zero-order valence-electron chi connectivity index (χ0n) is 12.9. The van der Waals surface area contributed by atoms with Gasteiger partial charge < -0.3 is 10.1 Å². The summed E-state index contributed by atoms with van der Waals surface area (Å²) in [5, 5.41) is 3.49. The molecule has 0 radical (unpaired) electrons.